The standard InChI is InChI=1S/C10H16N4O2S2/c1-2-11-9(7-14(15)16)12-3-5-17-8-10-13-4-6-18-10/h4,6-7,11-12H,2-3,5,8H2,1H3/b9-7-. The van der Waals surface area contributed by atoms with Gasteiger partial charge in [-0.05, 0) is 6.92 Å². The number of nitrogens with one attached hydrogen (secondary N) is 2. The summed E-state index contributed by atoms with van der Waals surface area (Å²) in [5, 5.41) is 19.3. The number of nitrogens with zero attached hydrogens (tertiary/aromatic N) is 2. The molecule has 0 atom stereocenters. The molecule has 0 aliphatic heterocycles. The largest absolute Gasteiger partial charge is 0.367 e. The van der Waals surface area contributed by atoms with Gasteiger partial charge >= 0.3 is 0 Å². The number of rotatable bonds is 9. The first-order chi connectivity index (χ1) is 8.72. The van der Waals surface area contributed by atoms with Crippen LogP contribution in [0.4, 0.5) is 0 Å². The molecular weight excluding hydrogens is 272 g/mol. The van der Waals surface area contributed by atoms with E-state index in [9.17, 15) is 10.1 Å². The number of thiazole rings is 1. The van der Waals surface area contributed by atoms with Crippen LogP contribution in [0.25, 0.3) is 0 Å². The van der Waals surface area contributed by atoms with Gasteiger partial charge in [0.1, 0.15) is 5.01 Å². The zero-order valence-corrected chi connectivity index (χ0v) is 11.7. The minimum atomic E-state index is -0.465. The van der Waals surface area contributed by atoms with Crippen LogP contribution in [0, 0.1) is 10.1 Å². The van der Waals surface area contributed by atoms with Gasteiger partial charge < -0.3 is 10.6 Å². The molecule has 0 spiro atoms. The second-order valence-corrected chi connectivity index (χ2v) is 5.35. The van der Waals surface area contributed by atoms with E-state index in [1.54, 1.807) is 29.3 Å². The summed E-state index contributed by atoms with van der Waals surface area (Å²) in [7, 11) is 0. The highest BCUT2D eigenvalue weighted by molar-refractivity contribution is 7.98. The van der Waals surface area contributed by atoms with Crippen molar-refractivity contribution < 1.29 is 4.92 Å². The van der Waals surface area contributed by atoms with Crippen LogP contribution in [0.5, 0.6) is 0 Å². The van der Waals surface area contributed by atoms with Crippen LogP contribution in [-0.4, -0.2) is 28.7 Å². The van der Waals surface area contributed by atoms with Crippen LogP contribution in [0.15, 0.2) is 23.6 Å². The smallest absolute Gasteiger partial charge is 0.274 e. The minimum absolute atomic E-state index is 0.456. The first kappa shape index (κ1) is 14.8. The first-order valence-electron chi connectivity index (χ1n) is 5.51. The summed E-state index contributed by atoms with van der Waals surface area (Å²) in [6.45, 7) is 3.23. The van der Waals surface area contributed by atoms with Crippen molar-refractivity contribution in [1.29, 1.82) is 0 Å². The summed E-state index contributed by atoms with van der Waals surface area (Å²) in [6.07, 6.45) is 2.75. The first-order valence-corrected chi connectivity index (χ1v) is 7.55. The molecule has 0 saturated heterocycles. The van der Waals surface area contributed by atoms with Gasteiger partial charge in [0.15, 0.2) is 5.82 Å². The average Bonchev–Trinajstić information content (AvgIpc) is 2.81. The van der Waals surface area contributed by atoms with E-state index in [4.69, 9.17) is 0 Å². The van der Waals surface area contributed by atoms with Crippen molar-refractivity contribution >= 4 is 23.1 Å². The lowest BCUT2D eigenvalue weighted by atomic mass is 10.6. The molecule has 0 saturated carbocycles. The summed E-state index contributed by atoms with van der Waals surface area (Å²) in [4.78, 5) is 14.1. The molecule has 2 N–H and O–H groups in total. The SMILES string of the molecule is CCN/C(=C/[N+](=O)[O-])NCCSCc1nccs1. The monoisotopic (exact) mass is 288 g/mol. The topological polar surface area (TPSA) is 80.1 Å². The predicted molar refractivity (Wildman–Crippen MR) is 75.0 cm³/mol. The number of hydrogen-bond donors (Lipinski definition) is 2. The third-order valence-corrected chi connectivity index (χ3v) is 3.81. The summed E-state index contributed by atoms with van der Waals surface area (Å²) < 4.78 is 0. The van der Waals surface area contributed by atoms with Crippen LogP contribution in [0.2, 0.25) is 0 Å². The Morgan fingerprint density at radius 3 is 3.11 bits per heavy atom. The lowest BCUT2D eigenvalue weighted by Crippen LogP contribution is -2.28. The molecule has 0 aliphatic rings. The molecule has 1 heterocycles. The molecule has 0 aliphatic carbocycles. The van der Waals surface area contributed by atoms with Gasteiger partial charge in [0.25, 0.3) is 6.20 Å². The Morgan fingerprint density at radius 1 is 1.67 bits per heavy atom. The molecule has 18 heavy (non-hydrogen) atoms. The van der Waals surface area contributed by atoms with Crippen LogP contribution in [0.1, 0.15) is 11.9 Å². The van der Waals surface area contributed by atoms with E-state index >= 15 is 0 Å². The molecule has 0 unspecified atom stereocenters. The van der Waals surface area contributed by atoms with E-state index in [0.29, 0.717) is 18.9 Å². The summed E-state index contributed by atoms with van der Waals surface area (Å²) in [6, 6.07) is 0. The van der Waals surface area contributed by atoms with E-state index in [-0.39, 0.29) is 0 Å². The van der Waals surface area contributed by atoms with E-state index < -0.39 is 4.92 Å². The number of thioether (sulfide) groups is 1. The van der Waals surface area contributed by atoms with Crippen LogP contribution < -0.4 is 10.6 Å². The molecule has 1 rings (SSSR count). The molecule has 6 nitrogen and oxygen atoms in total. The third-order valence-electron chi connectivity index (χ3n) is 1.87. The molecule has 0 amide bonds. The Labute approximate surface area is 114 Å². The maximum atomic E-state index is 10.4. The lowest BCUT2D eigenvalue weighted by Gasteiger charge is -2.08. The van der Waals surface area contributed by atoms with Crippen molar-refractivity contribution in [2.45, 2.75) is 12.7 Å². The molecular formula is C10H16N4O2S2. The van der Waals surface area contributed by atoms with Crippen LogP contribution in [0.3, 0.4) is 0 Å². The maximum Gasteiger partial charge on any atom is 0.274 e. The van der Waals surface area contributed by atoms with Gasteiger partial charge in [-0.15, -0.1) is 11.3 Å². The number of aromatic nitrogens is 1. The van der Waals surface area contributed by atoms with Gasteiger partial charge in [0.05, 0.1) is 4.92 Å². The van der Waals surface area contributed by atoms with E-state index in [1.807, 2.05) is 12.3 Å². The van der Waals surface area contributed by atoms with Crippen LogP contribution in [-0.2, 0) is 5.75 Å². The molecule has 100 valence electrons. The lowest BCUT2D eigenvalue weighted by molar-refractivity contribution is -0.404. The average molecular weight is 288 g/mol. The van der Waals surface area contributed by atoms with E-state index in [1.165, 1.54) is 0 Å². The fourth-order valence-electron chi connectivity index (χ4n) is 1.19. The highest BCUT2D eigenvalue weighted by Crippen LogP contribution is 2.13. The third kappa shape index (κ3) is 6.45. The summed E-state index contributed by atoms with van der Waals surface area (Å²) in [5.74, 6) is 2.21. The second-order valence-electron chi connectivity index (χ2n) is 3.26. The predicted octanol–water partition coefficient (Wildman–Crippen LogP) is 1.65. The van der Waals surface area contributed by atoms with E-state index in [2.05, 4.69) is 15.6 Å². The van der Waals surface area contributed by atoms with E-state index in [0.717, 1.165) is 22.7 Å². The van der Waals surface area contributed by atoms with Crippen molar-refractivity contribution in [3.63, 3.8) is 0 Å². The Morgan fingerprint density at radius 2 is 2.50 bits per heavy atom. The van der Waals surface area contributed by atoms with Crippen molar-refractivity contribution in [3.05, 3.63) is 38.7 Å². The molecule has 0 radical (unpaired) electrons. The van der Waals surface area contributed by atoms with Crippen molar-refractivity contribution in [2.75, 3.05) is 18.8 Å². The second kappa shape index (κ2) is 8.76. The van der Waals surface area contributed by atoms with Gasteiger partial charge in [-0.25, -0.2) is 4.98 Å². The fraction of sp³-hybridized carbons (Fsp3) is 0.500. The molecule has 8 heteroatoms. The zero-order valence-electron chi connectivity index (χ0n) is 10.1. The molecule has 0 bridgehead atoms. The van der Waals surface area contributed by atoms with Gasteiger partial charge in [-0.2, -0.15) is 11.8 Å². The minimum Gasteiger partial charge on any atom is -0.367 e. The Kier molecular flexibility index (Phi) is 7.19. The van der Waals surface area contributed by atoms with Crippen molar-refractivity contribution in [3.8, 4) is 0 Å². The zero-order chi connectivity index (χ0) is 13.2. The van der Waals surface area contributed by atoms with Gasteiger partial charge in [0.2, 0.25) is 0 Å². The number of hydrogen-bond acceptors (Lipinski definition) is 7. The summed E-state index contributed by atoms with van der Waals surface area (Å²) >= 11 is 3.39. The highest BCUT2D eigenvalue weighted by Gasteiger charge is 2.01. The highest BCUT2D eigenvalue weighted by atomic mass is 32.2. The van der Waals surface area contributed by atoms with Crippen LogP contribution >= 0.6 is 23.1 Å². The molecule has 0 aromatic carbocycles. The fourth-order valence-corrected chi connectivity index (χ4v) is 2.75. The molecule has 1 aromatic heterocycles. The number of nitro groups is 1. The van der Waals surface area contributed by atoms with Crippen molar-refractivity contribution in [1.82, 2.24) is 15.6 Å². The van der Waals surface area contributed by atoms with Crippen molar-refractivity contribution in [2.24, 2.45) is 0 Å². The maximum absolute atomic E-state index is 10.4. The van der Waals surface area contributed by atoms with Gasteiger partial charge in [-0.1, -0.05) is 0 Å². The summed E-state index contributed by atoms with van der Waals surface area (Å²) in [5.41, 5.74) is 0. The molecule has 0 fully saturated rings. The Bertz CT molecular complexity index is 381. The quantitative estimate of drug-likeness (QED) is 0.408. The normalized spacial score (nSPS) is 11.3. The van der Waals surface area contributed by atoms with Gasteiger partial charge in [0, 0.05) is 36.2 Å². The Hall–Kier alpha value is -1.28. The Balaban J connectivity index is 2.16. The van der Waals surface area contributed by atoms with Gasteiger partial charge in [-0.3, -0.25) is 10.1 Å². The molecule has 1 aromatic rings.